The number of amides is 3. The lowest BCUT2D eigenvalue weighted by molar-refractivity contribution is -0.131. The minimum atomic E-state index is -0.619. The quantitative estimate of drug-likeness (QED) is 0.585. The van der Waals surface area contributed by atoms with Gasteiger partial charge >= 0.3 is 0 Å². The number of hydrogen-bond acceptors (Lipinski definition) is 5. The lowest BCUT2D eigenvalue weighted by Gasteiger charge is -2.15. The monoisotopic (exact) mass is 435 g/mol. The Morgan fingerprint density at radius 2 is 2.10 bits per heavy atom. The van der Waals surface area contributed by atoms with Crippen LogP contribution in [0.4, 0.5) is 11.5 Å². The number of H-pyrrole nitrogens is 1. The topological polar surface area (TPSA) is 107 Å². The second kappa shape index (κ2) is 7.05. The molecular formula is C22H21N5O3S. The van der Waals surface area contributed by atoms with Crippen molar-refractivity contribution < 1.29 is 14.4 Å². The Hall–Kier alpha value is -3.46. The first-order valence-corrected chi connectivity index (χ1v) is 10.8. The zero-order chi connectivity index (χ0) is 21.8. The van der Waals surface area contributed by atoms with E-state index in [4.69, 9.17) is 0 Å². The predicted octanol–water partition coefficient (Wildman–Crippen LogP) is 3.04. The van der Waals surface area contributed by atoms with Crippen LogP contribution in [0.5, 0.6) is 0 Å². The van der Waals surface area contributed by atoms with Crippen molar-refractivity contribution in [2.75, 3.05) is 10.6 Å². The first-order valence-electron chi connectivity index (χ1n) is 9.96. The first-order chi connectivity index (χ1) is 14.8. The Kier molecular flexibility index (Phi) is 4.44. The zero-order valence-corrected chi connectivity index (χ0v) is 17.9. The third-order valence-electron chi connectivity index (χ3n) is 5.91. The summed E-state index contributed by atoms with van der Waals surface area (Å²) in [5, 5.41) is 14.8. The van der Waals surface area contributed by atoms with Crippen LogP contribution in [0.3, 0.4) is 0 Å². The highest BCUT2D eigenvalue weighted by Crippen LogP contribution is 2.37. The van der Waals surface area contributed by atoms with Crippen molar-refractivity contribution in [3.05, 3.63) is 63.0 Å². The molecule has 5 rings (SSSR count). The zero-order valence-electron chi connectivity index (χ0n) is 17.1. The van der Waals surface area contributed by atoms with E-state index in [0.717, 1.165) is 21.7 Å². The smallest absolute Gasteiger partial charge is 0.256 e. The molecule has 2 aliphatic rings. The van der Waals surface area contributed by atoms with Crippen LogP contribution in [-0.4, -0.2) is 32.8 Å². The molecule has 0 aliphatic carbocycles. The van der Waals surface area contributed by atoms with Gasteiger partial charge in [-0.2, -0.15) is 5.10 Å². The molecular weight excluding hydrogens is 414 g/mol. The average molecular weight is 436 g/mol. The van der Waals surface area contributed by atoms with Gasteiger partial charge in [0.05, 0.1) is 30.6 Å². The van der Waals surface area contributed by atoms with E-state index in [0.29, 0.717) is 36.6 Å². The number of rotatable bonds is 4. The summed E-state index contributed by atoms with van der Waals surface area (Å²) in [6, 6.07) is 9.08. The number of carbonyl (C=O) groups excluding carboxylic acids is 3. The summed E-state index contributed by atoms with van der Waals surface area (Å²) in [5.41, 5.74) is 2.99. The van der Waals surface area contributed by atoms with Crippen LogP contribution in [0.25, 0.3) is 0 Å². The molecule has 158 valence electrons. The van der Waals surface area contributed by atoms with Gasteiger partial charge in [0.1, 0.15) is 0 Å². The fraction of sp³-hybridized carbons (Fsp3) is 0.273. The third-order valence-corrected chi connectivity index (χ3v) is 6.79. The maximum Gasteiger partial charge on any atom is 0.256 e. The van der Waals surface area contributed by atoms with Crippen LogP contribution in [0.2, 0.25) is 0 Å². The standard InChI is InChI=1S/C22H21N5O3S/c1-22(2)15-6-5-12(8-16(15)23-21(22)30)20(29)24-19-14-10-27(11-17(14)25-26-19)18(28)9-13-4-3-7-31-13/h3-8H,9-11H2,1-2H3,(H,23,30)(H2,24,25,26,29). The molecule has 4 heterocycles. The van der Waals surface area contributed by atoms with E-state index in [-0.39, 0.29) is 17.7 Å². The first kappa shape index (κ1) is 19.5. The van der Waals surface area contributed by atoms with Crippen LogP contribution >= 0.6 is 11.3 Å². The molecule has 9 heteroatoms. The third kappa shape index (κ3) is 3.31. The lowest BCUT2D eigenvalue weighted by Crippen LogP contribution is -2.27. The van der Waals surface area contributed by atoms with Gasteiger partial charge in [0, 0.05) is 21.7 Å². The van der Waals surface area contributed by atoms with Crippen molar-refractivity contribution in [3.8, 4) is 0 Å². The van der Waals surface area contributed by atoms with Crippen molar-refractivity contribution in [1.82, 2.24) is 15.1 Å². The van der Waals surface area contributed by atoms with Gasteiger partial charge in [-0.05, 0) is 43.0 Å². The highest BCUT2D eigenvalue weighted by atomic mass is 32.1. The molecule has 0 spiro atoms. The van der Waals surface area contributed by atoms with Crippen LogP contribution in [0.1, 0.15) is 45.9 Å². The second-order valence-electron chi connectivity index (χ2n) is 8.33. The number of nitrogens with zero attached hydrogens (tertiary/aromatic N) is 2. The normalized spacial score (nSPS) is 16.1. The molecule has 0 fully saturated rings. The molecule has 3 amide bonds. The summed E-state index contributed by atoms with van der Waals surface area (Å²) in [4.78, 5) is 40.4. The Bertz CT molecular complexity index is 1210. The highest BCUT2D eigenvalue weighted by molar-refractivity contribution is 7.10. The van der Waals surface area contributed by atoms with Crippen LogP contribution in [-0.2, 0) is 34.5 Å². The summed E-state index contributed by atoms with van der Waals surface area (Å²) in [5.74, 6) is 0.0643. The largest absolute Gasteiger partial charge is 0.332 e. The Morgan fingerprint density at radius 3 is 2.87 bits per heavy atom. The number of anilines is 2. The maximum absolute atomic E-state index is 12.8. The van der Waals surface area contributed by atoms with Crippen molar-refractivity contribution in [1.29, 1.82) is 0 Å². The van der Waals surface area contributed by atoms with Gasteiger partial charge in [-0.1, -0.05) is 12.1 Å². The number of hydrogen-bond donors (Lipinski definition) is 3. The average Bonchev–Trinajstić information content (AvgIpc) is 3.49. The molecule has 2 aliphatic heterocycles. The molecule has 3 aromatic rings. The molecule has 31 heavy (non-hydrogen) atoms. The molecule has 1 aromatic carbocycles. The van der Waals surface area contributed by atoms with Crippen LogP contribution < -0.4 is 10.6 Å². The molecule has 0 saturated heterocycles. The molecule has 0 saturated carbocycles. The summed E-state index contributed by atoms with van der Waals surface area (Å²) in [7, 11) is 0. The van der Waals surface area contributed by atoms with Gasteiger partial charge in [-0.3, -0.25) is 19.5 Å². The second-order valence-corrected chi connectivity index (χ2v) is 9.36. The van der Waals surface area contributed by atoms with Crippen molar-refractivity contribution in [2.45, 2.75) is 38.8 Å². The fourth-order valence-corrected chi connectivity index (χ4v) is 4.70. The van der Waals surface area contributed by atoms with E-state index in [2.05, 4.69) is 20.8 Å². The van der Waals surface area contributed by atoms with Gasteiger partial charge in [0.2, 0.25) is 11.8 Å². The SMILES string of the molecule is CC1(C)C(=O)Nc2cc(C(=O)Nc3n[nH]c4c3CN(C(=O)Cc3cccs3)C4)ccc21. The van der Waals surface area contributed by atoms with Gasteiger partial charge in [-0.25, -0.2) is 0 Å². The summed E-state index contributed by atoms with van der Waals surface area (Å²) >= 11 is 1.56. The van der Waals surface area contributed by atoms with E-state index in [1.54, 1.807) is 28.4 Å². The van der Waals surface area contributed by atoms with Crippen molar-refractivity contribution in [3.63, 3.8) is 0 Å². The minimum absolute atomic E-state index is 0.0429. The lowest BCUT2D eigenvalue weighted by atomic mass is 9.86. The number of aromatic amines is 1. The summed E-state index contributed by atoms with van der Waals surface area (Å²) in [6.07, 6.45) is 0.369. The fourth-order valence-electron chi connectivity index (χ4n) is 4.01. The predicted molar refractivity (Wildman–Crippen MR) is 117 cm³/mol. The van der Waals surface area contributed by atoms with E-state index in [1.165, 1.54) is 0 Å². The van der Waals surface area contributed by atoms with E-state index in [1.807, 2.05) is 37.4 Å². The molecule has 2 aromatic heterocycles. The Balaban J connectivity index is 1.29. The summed E-state index contributed by atoms with van der Waals surface area (Å²) < 4.78 is 0. The number of carbonyl (C=O) groups is 3. The van der Waals surface area contributed by atoms with Gasteiger partial charge < -0.3 is 15.5 Å². The van der Waals surface area contributed by atoms with Crippen molar-refractivity contribution in [2.24, 2.45) is 0 Å². The highest BCUT2D eigenvalue weighted by Gasteiger charge is 2.38. The molecule has 3 N–H and O–H groups in total. The number of fused-ring (bicyclic) bond motifs is 2. The van der Waals surface area contributed by atoms with Gasteiger partial charge in [0.15, 0.2) is 5.82 Å². The number of thiophene rings is 1. The summed E-state index contributed by atoms with van der Waals surface area (Å²) in [6.45, 7) is 4.56. The van der Waals surface area contributed by atoms with Gasteiger partial charge in [0.25, 0.3) is 5.91 Å². The molecule has 0 bridgehead atoms. The molecule has 8 nitrogen and oxygen atoms in total. The minimum Gasteiger partial charge on any atom is -0.332 e. The van der Waals surface area contributed by atoms with Crippen LogP contribution in [0, 0.1) is 0 Å². The van der Waals surface area contributed by atoms with Crippen molar-refractivity contribution >= 4 is 40.6 Å². The van der Waals surface area contributed by atoms with Crippen LogP contribution in [0.15, 0.2) is 35.7 Å². The molecule has 0 atom stereocenters. The Labute approximate surface area is 182 Å². The Morgan fingerprint density at radius 1 is 1.26 bits per heavy atom. The van der Waals surface area contributed by atoms with Gasteiger partial charge in [-0.15, -0.1) is 11.3 Å². The molecule has 0 radical (unpaired) electrons. The number of benzene rings is 1. The van der Waals surface area contributed by atoms with E-state index in [9.17, 15) is 14.4 Å². The molecule has 0 unspecified atom stereocenters. The van der Waals surface area contributed by atoms with E-state index < -0.39 is 5.41 Å². The maximum atomic E-state index is 12.8. The number of nitrogens with one attached hydrogen (secondary N) is 3. The number of aromatic nitrogens is 2. The van der Waals surface area contributed by atoms with E-state index >= 15 is 0 Å².